The number of hydrogen-bond donors (Lipinski definition) is 1. The molecular weight excluding hydrogens is 388 g/mol. The quantitative estimate of drug-likeness (QED) is 0.698. The Morgan fingerprint density at radius 3 is 2.83 bits per heavy atom. The maximum absolute atomic E-state index is 12.7. The van der Waals surface area contributed by atoms with Gasteiger partial charge in [-0.15, -0.1) is 5.10 Å². The Morgan fingerprint density at radius 2 is 2.10 bits per heavy atom. The molecule has 1 atom stereocenters. The van der Waals surface area contributed by atoms with Crippen LogP contribution in [-0.2, 0) is 0 Å². The summed E-state index contributed by atoms with van der Waals surface area (Å²) in [6, 6.07) is 9.72. The summed E-state index contributed by atoms with van der Waals surface area (Å²) < 4.78 is 5.53. The van der Waals surface area contributed by atoms with Crippen molar-refractivity contribution in [3.05, 3.63) is 58.9 Å². The normalized spacial score (nSPS) is 16.6. The van der Waals surface area contributed by atoms with Crippen molar-refractivity contribution in [1.82, 2.24) is 29.6 Å². The molecule has 0 aliphatic carbocycles. The van der Waals surface area contributed by atoms with Crippen LogP contribution >= 0.6 is 11.5 Å². The summed E-state index contributed by atoms with van der Waals surface area (Å²) in [5, 5.41) is 11.4. The molecule has 2 amide bonds. The van der Waals surface area contributed by atoms with Crippen LogP contribution in [0.5, 0.6) is 0 Å². The van der Waals surface area contributed by atoms with Gasteiger partial charge in [-0.3, -0.25) is 9.59 Å². The van der Waals surface area contributed by atoms with Crippen molar-refractivity contribution >= 4 is 23.3 Å². The third-order valence-corrected chi connectivity index (χ3v) is 5.67. The van der Waals surface area contributed by atoms with E-state index in [2.05, 4.69) is 14.9 Å². The van der Waals surface area contributed by atoms with Gasteiger partial charge in [0.05, 0.1) is 23.1 Å². The van der Waals surface area contributed by atoms with Gasteiger partial charge in [-0.1, -0.05) is 22.7 Å². The number of amides is 2. The van der Waals surface area contributed by atoms with E-state index in [1.54, 1.807) is 10.9 Å². The van der Waals surface area contributed by atoms with Crippen molar-refractivity contribution in [2.75, 3.05) is 19.6 Å². The first-order chi connectivity index (χ1) is 14.2. The van der Waals surface area contributed by atoms with Gasteiger partial charge in [0.1, 0.15) is 4.88 Å². The number of piperidine rings is 1. The zero-order chi connectivity index (χ0) is 20.2. The summed E-state index contributed by atoms with van der Waals surface area (Å²) in [4.78, 5) is 27.8. The summed E-state index contributed by atoms with van der Waals surface area (Å²) in [6.45, 7) is 3.64. The SMILES string of the molecule is CCNC(=O)c1cn(-c2ccccc2)nc1[C@@H]1CCCN(C(=O)c2cnns2)C1. The third kappa shape index (κ3) is 4.04. The van der Waals surface area contributed by atoms with E-state index in [0.717, 1.165) is 35.8 Å². The van der Waals surface area contributed by atoms with Gasteiger partial charge in [0.25, 0.3) is 11.8 Å². The van der Waals surface area contributed by atoms with Gasteiger partial charge in [-0.25, -0.2) is 4.68 Å². The molecule has 150 valence electrons. The molecule has 0 radical (unpaired) electrons. The number of nitrogens with one attached hydrogen (secondary N) is 1. The van der Waals surface area contributed by atoms with Crippen molar-refractivity contribution in [1.29, 1.82) is 0 Å². The molecule has 1 N–H and O–H groups in total. The molecule has 0 bridgehead atoms. The second-order valence-corrected chi connectivity index (χ2v) is 7.73. The fourth-order valence-corrected chi connectivity index (χ4v) is 4.12. The fourth-order valence-electron chi connectivity index (χ4n) is 3.63. The third-order valence-electron chi connectivity index (χ3n) is 5.01. The van der Waals surface area contributed by atoms with E-state index in [9.17, 15) is 9.59 Å². The number of likely N-dealkylation sites (tertiary alicyclic amines) is 1. The highest BCUT2D eigenvalue weighted by atomic mass is 32.1. The van der Waals surface area contributed by atoms with Gasteiger partial charge in [-0.2, -0.15) is 5.10 Å². The molecule has 0 unspecified atom stereocenters. The number of hydrogen-bond acceptors (Lipinski definition) is 6. The largest absolute Gasteiger partial charge is 0.352 e. The lowest BCUT2D eigenvalue weighted by atomic mass is 9.92. The first-order valence-corrected chi connectivity index (χ1v) is 10.4. The average Bonchev–Trinajstić information content (AvgIpc) is 3.44. The average molecular weight is 411 g/mol. The Morgan fingerprint density at radius 1 is 1.28 bits per heavy atom. The highest BCUT2D eigenvalue weighted by Gasteiger charge is 2.31. The zero-order valence-corrected chi connectivity index (χ0v) is 16.9. The molecule has 29 heavy (non-hydrogen) atoms. The second kappa shape index (κ2) is 8.52. The Labute approximate surface area is 172 Å². The number of carbonyl (C=O) groups is 2. The number of aromatic nitrogens is 4. The molecule has 0 spiro atoms. The summed E-state index contributed by atoms with van der Waals surface area (Å²) in [5.74, 6) is -0.206. The van der Waals surface area contributed by atoms with Crippen LogP contribution in [0.15, 0.2) is 42.7 Å². The lowest BCUT2D eigenvalue weighted by Crippen LogP contribution is -2.39. The molecule has 1 aliphatic heterocycles. The Balaban J connectivity index is 1.64. The Bertz CT molecular complexity index is 986. The smallest absolute Gasteiger partial charge is 0.267 e. The van der Waals surface area contributed by atoms with Crippen LogP contribution < -0.4 is 5.32 Å². The molecule has 0 saturated carbocycles. The Kier molecular flexibility index (Phi) is 5.66. The molecule has 4 rings (SSSR count). The summed E-state index contributed by atoms with van der Waals surface area (Å²) in [5.41, 5.74) is 2.19. The van der Waals surface area contributed by atoms with E-state index in [4.69, 9.17) is 5.10 Å². The molecule has 1 saturated heterocycles. The van der Waals surface area contributed by atoms with Crippen molar-refractivity contribution < 1.29 is 9.59 Å². The van der Waals surface area contributed by atoms with Crippen LogP contribution in [0.3, 0.4) is 0 Å². The molecule has 3 aromatic rings. The van der Waals surface area contributed by atoms with E-state index in [1.165, 1.54) is 6.20 Å². The first kappa shape index (κ1) is 19.3. The number of rotatable bonds is 5. The first-order valence-electron chi connectivity index (χ1n) is 9.67. The second-order valence-electron chi connectivity index (χ2n) is 6.94. The van der Waals surface area contributed by atoms with Gasteiger partial charge >= 0.3 is 0 Å². The van der Waals surface area contributed by atoms with Gasteiger partial charge in [0.15, 0.2) is 0 Å². The molecule has 2 aromatic heterocycles. The summed E-state index contributed by atoms with van der Waals surface area (Å²) in [7, 11) is 0. The molecule has 1 fully saturated rings. The van der Waals surface area contributed by atoms with E-state index >= 15 is 0 Å². The number of benzene rings is 1. The van der Waals surface area contributed by atoms with Gasteiger partial charge in [0, 0.05) is 31.7 Å². The van der Waals surface area contributed by atoms with E-state index in [0.29, 0.717) is 30.1 Å². The highest BCUT2D eigenvalue weighted by Crippen LogP contribution is 2.30. The molecule has 9 heteroatoms. The van der Waals surface area contributed by atoms with E-state index in [1.807, 2.05) is 42.2 Å². The summed E-state index contributed by atoms with van der Waals surface area (Å²) >= 11 is 1.10. The van der Waals surface area contributed by atoms with Crippen molar-refractivity contribution in [2.24, 2.45) is 0 Å². The monoisotopic (exact) mass is 410 g/mol. The van der Waals surface area contributed by atoms with Crippen molar-refractivity contribution in [3.63, 3.8) is 0 Å². The lowest BCUT2D eigenvalue weighted by molar-refractivity contribution is 0.0710. The van der Waals surface area contributed by atoms with Crippen molar-refractivity contribution in [3.8, 4) is 5.69 Å². The molecule has 1 aliphatic rings. The predicted octanol–water partition coefficient (Wildman–Crippen LogP) is 2.49. The Hall–Kier alpha value is -3.07. The van der Waals surface area contributed by atoms with Crippen LogP contribution in [-0.4, -0.2) is 55.7 Å². The van der Waals surface area contributed by atoms with Crippen LogP contribution in [0.4, 0.5) is 0 Å². The number of para-hydroxylation sites is 1. The maximum atomic E-state index is 12.7. The zero-order valence-electron chi connectivity index (χ0n) is 16.1. The van der Waals surface area contributed by atoms with Gasteiger partial charge < -0.3 is 10.2 Å². The van der Waals surface area contributed by atoms with E-state index in [-0.39, 0.29) is 17.7 Å². The van der Waals surface area contributed by atoms with Crippen LogP contribution in [0.2, 0.25) is 0 Å². The standard InChI is InChI=1S/C20H22N6O2S/c1-2-21-19(27)16-13-26(15-8-4-3-5-9-15)23-18(16)14-7-6-10-25(12-14)20(28)17-11-22-24-29-17/h3-5,8-9,11,13-14H,2,6-7,10,12H2,1H3,(H,21,27)/t14-/m1/s1. The van der Waals surface area contributed by atoms with Gasteiger partial charge in [0.2, 0.25) is 0 Å². The topological polar surface area (TPSA) is 93.0 Å². The minimum absolute atomic E-state index is 0.00357. The number of nitrogens with zero attached hydrogens (tertiary/aromatic N) is 5. The lowest BCUT2D eigenvalue weighted by Gasteiger charge is -2.32. The molecular formula is C20H22N6O2S. The maximum Gasteiger partial charge on any atom is 0.267 e. The molecule has 8 nitrogen and oxygen atoms in total. The molecule has 1 aromatic carbocycles. The summed E-state index contributed by atoms with van der Waals surface area (Å²) in [6.07, 6.45) is 5.02. The van der Waals surface area contributed by atoms with Crippen LogP contribution in [0, 0.1) is 0 Å². The minimum Gasteiger partial charge on any atom is -0.352 e. The van der Waals surface area contributed by atoms with Crippen molar-refractivity contribution in [2.45, 2.75) is 25.7 Å². The minimum atomic E-state index is -0.139. The highest BCUT2D eigenvalue weighted by molar-refractivity contribution is 7.07. The predicted molar refractivity (Wildman–Crippen MR) is 109 cm³/mol. The van der Waals surface area contributed by atoms with Crippen LogP contribution in [0.1, 0.15) is 51.4 Å². The van der Waals surface area contributed by atoms with E-state index < -0.39 is 0 Å². The fraction of sp³-hybridized carbons (Fsp3) is 0.350. The van der Waals surface area contributed by atoms with Crippen LogP contribution in [0.25, 0.3) is 5.69 Å². The number of carbonyl (C=O) groups excluding carboxylic acids is 2. The molecule has 3 heterocycles. The van der Waals surface area contributed by atoms with Gasteiger partial charge in [-0.05, 0) is 43.4 Å².